The van der Waals surface area contributed by atoms with Gasteiger partial charge in [0.15, 0.2) is 5.60 Å². The van der Waals surface area contributed by atoms with E-state index >= 15 is 0 Å². The van der Waals surface area contributed by atoms with Gasteiger partial charge in [0.05, 0.1) is 22.8 Å². The van der Waals surface area contributed by atoms with Crippen molar-refractivity contribution in [3.05, 3.63) is 83.1 Å². The van der Waals surface area contributed by atoms with Crippen molar-refractivity contribution in [2.75, 3.05) is 0 Å². The van der Waals surface area contributed by atoms with E-state index < -0.39 is 15.4 Å². The molecule has 0 saturated carbocycles. The van der Waals surface area contributed by atoms with Gasteiger partial charge < -0.3 is 15.7 Å². The van der Waals surface area contributed by atoms with E-state index in [0.717, 1.165) is 0 Å². The Morgan fingerprint density at radius 3 is 1.67 bits per heavy atom. The molecule has 0 fully saturated rings. The number of hydrogen-bond acceptors (Lipinski definition) is 4. The minimum atomic E-state index is -3.07. The smallest absolute Gasteiger partial charge is 0.161 e. The molecule has 4 N–H and O–H groups in total. The third kappa shape index (κ3) is 3.56. The van der Waals surface area contributed by atoms with Gasteiger partial charge in [-0.05, 0) is 111 Å². The average molecular weight is 686 g/mol. The Morgan fingerprint density at radius 1 is 0.833 bits per heavy atom. The molecule has 0 amide bonds. The van der Waals surface area contributed by atoms with Crippen molar-refractivity contribution < 1.29 is 24.1 Å². The molecule has 3 aromatic rings. The van der Waals surface area contributed by atoms with Gasteiger partial charge in [0.25, 0.3) is 0 Å². The monoisotopic (exact) mass is 682 g/mol. The number of hydrogen-bond donors (Lipinski definition) is 2. The van der Waals surface area contributed by atoms with Gasteiger partial charge in [-0.1, -0.05) is 18.2 Å². The van der Waals surface area contributed by atoms with Crippen molar-refractivity contribution in [2.24, 2.45) is 0 Å². The van der Waals surface area contributed by atoms with Crippen molar-refractivity contribution >= 4 is 79.4 Å². The highest BCUT2D eigenvalue weighted by Gasteiger charge is 2.49. The molecule has 1 atom stereocenters. The van der Waals surface area contributed by atoms with Crippen LogP contribution in [0, 0.1) is 0 Å². The second-order valence-corrected chi connectivity index (χ2v) is 11.7. The van der Waals surface area contributed by atoms with Crippen LogP contribution in [0.3, 0.4) is 0 Å². The number of rotatable bonds is 2. The Balaban J connectivity index is 0.00000256. The van der Waals surface area contributed by atoms with E-state index in [0.29, 0.717) is 39.5 Å². The molecule has 1 aliphatic rings. The normalized spacial score (nSPS) is 19.2. The molecule has 10 heteroatoms. The van der Waals surface area contributed by atoms with E-state index in [1.807, 2.05) is 12.1 Å². The van der Waals surface area contributed by atoms with E-state index in [2.05, 4.69) is 69.6 Å². The topological polar surface area (TPSA) is 98.3 Å². The highest BCUT2D eigenvalue weighted by Crippen LogP contribution is 2.53. The minimum absolute atomic E-state index is 0. The first-order valence-electron chi connectivity index (χ1n) is 8.12. The first-order valence-corrected chi connectivity index (χ1v) is 12.9. The Bertz CT molecular complexity index is 1170. The lowest BCUT2D eigenvalue weighted by Gasteiger charge is -2.31. The lowest BCUT2D eigenvalue weighted by atomic mass is 9.80. The molecule has 3 aromatic carbocycles. The summed E-state index contributed by atoms with van der Waals surface area (Å²) in [6, 6.07) is 14.1. The van der Waals surface area contributed by atoms with Crippen LogP contribution >= 0.6 is 63.7 Å². The van der Waals surface area contributed by atoms with Crippen LogP contribution in [-0.2, 0) is 19.6 Å². The van der Waals surface area contributed by atoms with Crippen molar-refractivity contribution in [3.8, 4) is 11.5 Å². The largest absolute Gasteiger partial charge is 0.506 e. The van der Waals surface area contributed by atoms with Gasteiger partial charge in [-0.3, -0.25) is 4.18 Å². The zero-order chi connectivity index (χ0) is 21.1. The van der Waals surface area contributed by atoms with Gasteiger partial charge in [-0.25, -0.2) is 4.21 Å². The van der Waals surface area contributed by atoms with Crippen LogP contribution in [0.4, 0.5) is 0 Å². The summed E-state index contributed by atoms with van der Waals surface area (Å²) in [6.45, 7) is 0. The van der Waals surface area contributed by atoms with E-state index in [-0.39, 0.29) is 17.0 Å². The number of benzene rings is 3. The summed E-state index contributed by atoms with van der Waals surface area (Å²) in [7, 11) is -3.07. The van der Waals surface area contributed by atoms with Gasteiger partial charge in [-0.2, -0.15) is 0 Å². The fourth-order valence-electron chi connectivity index (χ4n) is 3.43. The maximum absolute atomic E-state index is 13.4. The molecule has 158 valence electrons. The summed E-state index contributed by atoms with van der Waals surface area (Å²) in [5.74, 6) is 3.92. The van der Waals surface area contributed by atoms with Crippen molar-refractivity contribution in [3.63, 3.8) is 0 Å². The fourth-order valence-corrected chi connectivity index (χ4v) is 7.41. The van der Waals surface area contributed by atoms with Crippen LogP contribution in [0.1, 0.15) is 16.7 Å². The van der Waals surface area contributed by atoms with Gasteiger partial charge in [0.2, 0.25) is 0 Å². The van der Waals surface area contributed by atoms with E-state index in [4.69, 9.17) is 4.18 Å². The predicted octanol–water partition coefficient (Wildman–Crippen LogP) is 5.64. The molecule has 30 heavy (non-hydrogen) atoms. The highest BCUT2D eigenvalue weighted by atomic mass is 79.9. The van der Waals surface area contributed by atoms with Crippen LogP contribution in [0.2, 0.25) is 0 Å². The molecule has 1 unspecified atom stereocenters. The summed E-state index contributed by atoms with van der Waals surface area (Å²) >= 11 is 13.5. The second kappa shape index (κ2) is 8.23. The highest BCUT2D eigenvalue weighted by molar-refractivity contribution is 9.11. The minimum Gasteiger partial charge on any atom is -0.506 e. The molecular formula is C20H14Br4O5S. The molecule has 0 aromatic heterocycles. The van der Waals surface area contributed by atoms with E-state index in [1.165, 1.54) is 0 Å². The number of halogens is 4. The molecule has 0 bridgehead atoms. The summed E-state index contributed by atoms with van der Waals surface area (Å²) in [5.41, 5.74) is 0.640. The molecule has 0 saturated heterocycles. The van der Waals surface area contributed by atoms with Gasteiger partial charge in [-0.15, -0.1) is 0 Å². The van der Waals surface area contributed by atoms with E-state index in [9.17, 15) is 14.4 Å². The van der Waals surface area contributed by atoms with Gasteiger partial charge >= 0.3 is 0 Å². The lowest BCUT2D eigenvalue weighted by molar-refractivity contribution is 0.191. The third-order valence-electron chi connectivity index (χ3n) is 4.71. The number of phenols is 2. The zero-order valence-electron chi connectivity index (χ0n) is 15.0. The standard InChI is InChI=1S/C20H12Br4O4S.H2O/c1-29(27)17-5-3-2-4-12(17)20(28-29,10-6-13(21)18(25)14(22)7-10)11-8-15(23)19(26)16(24)9-11;/h2-9,25-26H,1H2;1H2. The molecule has 1 heterocycles. The molecule has 0 radical (unpaired) electrons. The molecule has 0 aliphatic carbocycles. The summed E-state index contributed by atoms with van der Waals surface area (Å²) in [6.07, 6.45) is 0. The van der Waals surface area contributed by atoms with Gasteiger partial charge in [0, 0.05) is 5.56 Å². The van der Waals surface area contributed by atoms with Gasteiger partial charge in [0.1, 0.15) is 21.3 Å². The SMILES string of the molecule is C=S1(=O)OC(c2cc(Br)c(O)c(Br)c2)(c2cc(Br)c(O)c(Br)c2)c2ccccc21.O. The second-order valence-electron chi connectivity index (χ2n) is 6.45. The van der Waals surface area contributed by atoms with Crippen molar-refractivity contribution in [1.82, 2.24) is 0 Å². The maximum atomic E-state index is 13.4. The summed E-state index contributed by atoms with van der Waals surface area (Å²) in [5, 5.41) is 20.4. The number of aromatic hydroxyl groups is 2. The molecule has 1 aliphatic heterocycles. The zero-order valence-corrected chi connectivity index (χ0v) is 22.1. The maximum Gasteiger partial charge on any atom is 0.161 e. The van der Waals surface area contributed by atoms with Crippen molar-refractivity contribution in [1.29, 1.82) is 0 Å². The first-order chi connectivity index (χ1) is 13.6. The quantitative estimate of drug-likeness (QED) is 0.342. The molecule has 4 rings (SSSR count). The average Bonchev–Trinajstić information content (AvgIpc) is 2.92. The Labute approximate surface area is 207 Å². The fraction of sp³-hybridized carbons (Fsp3) is 0.0500. The Hall–Kier alpha value is -0.880. The van der Waals surface area contributed by atoms with Crippen LogP contribution in [0.5, 0.6) is 11.5 Å². The van der Waals surface area contributed by atoms with Crippen LogP contribution < -0.4 is 0 Å². The number of fused-ring (bicyclic) bond motifs is 1. The first kappa shape index (κ1) is 23.8. The molecular weight excluding hydrogens is 672 g/mol. The summed E-state index contributed by atoms with van der Waals surface area (Å²) in [4.78, 5) is 0.501. The van der Waals surface area contributed by atoms with Crippen LogP contribution in [-0.4, -0.2) is 25.8 Å². The lowest BCUT2D eigenvalue weighted by Crippen LogP contribution is -2.29. The Kier molecular flexibility index (Phi) is 6.53. The summed E-state index contributed by atoms with van der Waals surface area (Å²) < 4.78 is 21.4. The van der Waals surface area contributed by atoms with Crippen LogP contribution in [0.25, 0.3) is 0 Å². The van der Waals surface area contributed by atoms with E-state index in [1.54, 1.807) is 36.4 Å². The molecule has 5 nitrogen and oxygen atoms in total. The Morgan fingerprint density at radius 2 is 1.23 bits per heavy atom. The third-order valence-corrected chi connectivity index (χ3v) is 8.67. The number of phenolic OH excluding ortho intramolecular Hbond substituents is 2. The predicted molar refractivity (Wildman–Crippen MR) is 132 cm³/mol. The van der Waals surface area contributed by atoms with Crippen LogP contribution in [0.15, 0.2) is 71.3 Å². The van der Waals surface area contributed by atoms with Crippen molar-refractivity contribution in [2.45, 2.75) is 10.5 Å². The molecule has 0 spiro atoms.